The summed E-state index contributed by atoms with van der Waals surface area (Å²) in [6, 6.07) is 6.94. The molecule has 21 heavy (non-hydrogen) atoms. The van der Waals surface area contributed by atoms with Crippen molar-refractivity contribution in [3.05, 3.63) is 29.8 Å². The van der Waals surface area contributed by atoms with Crippen LogP contribution in [0.4, 0.5) is 0 Å². The topological polar surface area (TPSA) is 66.8 Å². The summed E-state index contributed by atoms with van der Waals surface area (Å²) in [7, 11) is 1.61. The SMILES string of the molecule is COc1cccc(CCC(=O)N2CCCCC2C(=O)O)c1. The Labute approximate surface area is 124 Å². The number of methoxy groups -OCH3 is 1. The molecule has 2 rings (SSSR count). The fourth-order valence-corrected chi connectivity index (χ4v) is 2.71. The van der Waals surface area contributed by atoms with E-state index in [0.29, 0.717) is 25.8 Å². The van der Waals surface area contributed by atoms with Crippen LogP contribution in [0.1, 0.15) is 31.2 Å². The number of nitrogens with zero attached hydrogens (tertiary/aromatic N) is 1. The van der Waals surface area contributed by atoms with E-state index in [1.54, 1.807) is 7.11 Å². The average Bonchev–Trinajstić information content (AvgIpc) is 2.52. The van der Waals surface area contributed by atoms with Gasteiger partial charge in [-0.25, -0.2) is 4.79 Å². The fourth-order valence-electron chi connectivity index (χ4n) is 2.71. The number of carboxylic acid groups (broad SMARTS) is 1. The van der Waals surface area contributed by atoms with Gasteiger partial charge in [0.2, 0.25) is 5.91 Å². The van der Waals surface area contributed by atoms with Gasteiger partial charge in [0.25, 0.3) is 0 Å². The van der Waals surface area contributed by atoms with Gasteiger partial charge in [-0.15, -0.1) is 0 Å². The molecular weight excluding hydrogens is 270 g/mol. The predicted molar refractivity (Wildman–Crippen MR) is 78.3 cm³/mol. The summed E-state index contributed by atoms with van der Waals surface area (Å²) in [5.41, 5.74) is 1.02. The molecular formula is C16H21NO4. The first-order valence-corrected chi connectivity index (χ1v) is 7.27. The van der Waals surface area contributed by atoms with E-state index in [1.165, 1.54) is 4.90 Å². The van der Waals surface area contributed by atoms with Gasteiger partial charge < -0.3 is 14.7 Å². The van der Waals surface area contributed by atoms with Gasteiger partial charge in [0.15, 0.2) is 0 Å². The molecule has 5 nitrogen and oxygen atoms in total. The maximum atomic E-state index is 12.3. The molecule has 1 atom stereocenters. The number of likely N-dealkylation sites (tertiary alicyclic amines) is 1. The van der Waals surface area contributed by atoms with Crippen LogP contribution in [0, 0.1) is 0 Å². The van der Waals surface area contributed by atoms with Crippen LogP contribution in [0.3, 0.4) is 0 Å². The molecule has 0 aliphatic carbocycles. The van der Waals surface area contributed by atoms with Crippen LogP contribution < -0.4 is 4.74 Å². The van der Waals surface area contributed by atoms with Crippen molar-refractivity contribution in [2.75, 3.05) is 13.7 Å². The quantitative estimate of drug-likeness (QED) is 0.902. The molecule has 1 aromatic rings. The van der Waals surface area contributed by atoms with Crippen molar-refractivity contribution in [3.63, 3.8) is 0 Å². The molecule has 1 heterocycles. The number of carbonyl (C=O) groups is 2. The molecule has 1 aromatic carbocycles. The highest BCUT2D eigenvalue weighted by atomic mass is 16.5. The lowest BCUT2D eigenvalue weighted by Crippen LogP contribution is -2.48. The second-order valence-electron chi connectivity index (χ2n) is 5.29. The summed E-state index contributed by atoms with van der Waals surface area (Å²) in [5.74, 6) is -0.212. The van der Waals surface area contributed by atoms with Gasteiger partial charge in [0.05, 0.1) is 7.11 Å². The van der Waals surface area contributed by atoms with Crippen molar-refractivity contribution in [2.45, 2.75) is 38.1 Å². The van der Waals surface area contributed by atoms with Crippen molar-refractivity contribution in [3.8, 4) is 5.75 Å². The zero-order valence-corrected chi connectivity index (χ0v) is 12.2. The first-order valence-electron chi connectivity index (χ1n) is 7.27. The lowest BCUT2D eigenvalue weighted by Gasteiger charge is -2.33. The van der Waals surface area contributed by atoms with Crippen LogP contribution >= 0.6 is 0 Å². The number of carbonyl (C=O) groups excluding carboxylic acids is 1. The van der Waals surface area contributed by atoms with Gasteiger partial charge in [-0.1, -0.05) is 12.1 Å². The molecule has 5 heteroatoms. The van der Waals surface area contributed by atoms with Gasteiger partial charge in [0.1, 0.15) is 11.8 Å². The third-order valence-electron chi connectivity index (χ3n) is 3.87. The maximum absolute atomic E-state index is 12.3. The number of ether oxygens (including phenoxy) is 1. The first kappa shape index (κ1) is 15.4. The molecule has 1 fully saturated rings. The van der Waals surface area contributed by atoms with Crippen molar-refractivity contribution in [1.29, 1.82) is 0 Å². The Bertz CT molecular complexity index is 515. The molecule has 0 spiro atoms. The largest absolute Gasteiger partial charge is 0.497 e. The third-order valence-corrected chi connectivity index (χ3v) is 3.87. The smallest absolute Gasteiger partial charge is 0.326 e. The lowest BCUT2D eigenvalue weighted by molar-refractivity contribution is -0.152. The van der Waals surface area contributed by atoms with Gasteiger partial charge in [-0.2, -0.15) is 0 Å². The van der Waals surface area contributed by atoms with Crippen LogP contribution in [-0.4, -0.2) is 41.6 Å². The molecule has 1 saturated heterocycles. The van der Waals surface area contributed by atoms with E-state index in [4.69, 9.17) is 4.74 Å². The highest BCUT2D eigenvalue weighted by Gasteiger charge is 2.31. The van der Waals surface area contributed by atoms with Crippen LogP contribution in [0.25, 0.3) is 0 Å². The van der Waals surface area contributed by atoms with Gasteiger partial charge in [-0.05, 0) is 43.4 Å². The Morgan fingerprint density at radius 3 is 2.90 bits per heavy atom. The average molecular weight is 291 g/mol. The number of benzene rings is 1. The number of hydrogen-bond acceptors (Lipinski definition) is 3. The van der Waals surface area contributed by atoms with E-state index in [2.05, 4.69) is 0 Å². The molecule has 0 bridgehead atoms. The number of aryl methyl sites for hydroxylation is 1. The number of rotatable bonds is 5. The molecule has 0 aromatic heterocycles. The standard InChI is InChI=1S/C16H21NO4/c1-21-13-6-4-5-12(11-13)8-9-15(18)17-10-3-2-7-14(17)16(19)20/h4-6,11,14H,2-3,7-10H2,1H3,(H,19,20). The maximum Gasteiger partial charge on any atom is 0.326 e. The fraction of sp³-hybridized carbons (Fsp3) is 0.500. The Morgan fingerprint density at radius 1 is 1.38 bits per heavy atom. The van der Waals surface area contributed by atoms with E-state index in [1.807, 2.05) is 24.3 Å². The highest BCUT2D eigenvalue weighted by Crippen LogP contribution is 2.20. The van der Waals surface area contributed by atoms with E-state index < -0.39 is 12.0 Å². The van der Waals surface area contributed by atoms with E-state index in [9.17, 15) is 14.7 Å². The third kappa shape index (κ3) is 3.97. The van der Waals surface area contributed by atoms with Crippen molar-refractivity contribution in [2.24, 2.45) is 0 Å². The second kappa shape index (κ2) is 7.11. The second-order valence-corrected chi connectivity index (χ2v) is 5.29. The zero-order chi connectivity index (χ0) is 15.2. The molecule has 1 N–H and O–H groups in total. The summed E-state index contributed by atoms with van der Waals surface area (Å²) >= 11 is 0. The normalized spacial score (nSPS) is 18.3. The molecule has 1 amide bonds. The van der Waals surface area contributed by atoms with Gasteiger partial charge >= 0.3 is 5.97 Å². The van der Waals surface area contributed by atoms with Gasteiger partial charge in [0, 0.05) is 13.0 Å². The van der Waals surface area contributed by atoms with Crippen LogP contribution in [0.5, 0.6) is 5.75 Å². The molecule has 0 radical (unpaired) electrons. The van der Waals surface area contributed by atoms with Crippen LogP contribution in [0.2, 0.25) is 0 Å². The molecule has 1 unspecified atom stereocenters. The minimum absolute atomic E-state index is 0.0788. The molecule has 1 aliphatic rings. The Balaban J connectivity index is 1.95. The summed E-state index contributed by atoms with van der Waals surface area (Å²) in [5, 5.41) is 9.20. The number of aliphatic carboxylic acids is 1. The van der Waals surface area contributed by atoms with Crippen LogP contribution in [0.15, 0.2) is 24.3 Å². The summed E-state index contributed by atoms with van der Waals surface area (Å²) in [6.07, 6.45) is 3.24. The zero-order valence-electron chi connectivity index (χ0n) is 12.2. The Hall–Kier alpha value is -2.04. The van der Waals surface area contributed by atoms with E-state index in [0.717, 1.165) is 24.2 Å². The van der Waals surface area contributed by atoms with Crippen molar-refractivity contribution < 1.29 is 19.4 Å². The Kier molecular flexibility index (Phi) is 5.20. The number of piperidine rings is 1. The predicted octanol–water partition coefficient (Wildman–Crippen LogP) is 2.09. The highest BCUT2D eigenvalue weighted by molar-refractivity contribution is 5.84. The monoisotopic (exact) mass is 291 g/mol. The minimum Gasteiger partial charge on any atom is -0.497 e. The molecule has 1 aliphatic heterocycles. The van der Waals surface area contributed by atoms with E-state index >= 15 is 0 Å². The number of amides is 1. The minimum atomic E-state index is -0.899. The number of hydrogen-bond donors (Lipinski definition) is 1. The van der Waals surface area contributed by atoms with Crippen LogP contribution in [-0.2, 0) is 16.0 Å². The van der Waals surface area contributed by atoms with Crippen molar-refractivity contribution in [1.82, 2.24) is 4.90 Å². The van der Waals surface area contributed by atoms with Gasteiger partial charge in [-0.3, -0.25) is 4.79 Å². The summed E-state index contributed by atoms with van der Waals surface area (Å²) < 4.78 is 5.15. The van der Waals surface area contributed by atoms with E-state index in [-0.39, 0.29) is 5.91 Å². The number of carboxylic acids is 1. The molecule has 0 saturated carbocycles. The van der Waals surface area contributed by atoms with Crippen molar-refractivity contribution >= 4 is 11.9 Å². The lowest BCUT2D eigenvalue weighted by atomic mass is 10.0. The molecule has 114 valence electrons. The summed E-state index contributed by atoms with van der Waals surface area (Å²) in [6.45, 7) is 0.550. The Morgan fingerprint density at radius 2 is 2.19 bits per heavy atom. The first-order chi connectivity index (χ1) is 10.1. The summed E-state index contributed by atoms with van der Waals surface area (Å²) in [4.78, 5) is 25.0.